The van der Waals surface area contributed by atoms with E-state index in [9.17, 15) is 13.2 Å². The van der Waals surface area contributed by atoms with Crippen LogP contribution in [0.2, 0.25) is 0 Å². The molecule has 2 bridgehead atoms. The summed E-state index contributed by atoms with van der Waals surface area (Å²) in [6.45, 7) is 3.76. The number of benzene rings is 1. The molecule has 23 heavy (non-hydrogen) atoms. The molecule has 3 heterocycles. The molecule has 2 aromatic rings. The summed E-state index contributed by atoms with van der Waals surface area (Å²) in [5.74, 6) is 1.04. The van der Waals surface area contributed by atoms with E-state index in [2.05, 4.69) is 20.2 Å². The number of nitrogens with one attached hydrogen (secondary N) is 1. The van der Waals surface area contributed by atoms with E-state index < -0.39 is 11.7 Å². The van der Waals surface area contributed by atoms with E-state index in [1.54, 1.807) is 6.07 Å². The highest BCUT2D eigenvalue weighted by atomic mass is 19.4. The minimum absolute atomic E-state index is 0.322. The Hall–Kier alpha value is -2.31. The average molecular weight is 320 g/mol. The molecule has 1 atom stereocenters. The van der Waals surface area contributed by atoms with Crippen LogP contribution in [-0.4, -0.2) is 29.1 Å². The molecule has 2 aliphatic heterocycles. The second-order valence-electron chi connectivity index (χ2n) is 5.98. The van der Waals surface area contributed by atoms with Crippen LogP contribution in [0.15, 0.2) is 24.3 Å². The quantitative estimate of drug-likeness (QED) is 0.873. The van der Waals surface area contributed by atoms with Crippen LogP contribution in [0.3, 0.4) is 0 Å². The van der Waals surface area contributed by atoms with Gasteiger partial charge in [-0.05, 0) is 25.5 Å². The number of anilines is 2. The number of aryl methyl sites for hydroxylation is 1. The summed E-state index contributed by atoms with van der Waals surface area (Å²) >= 11 is 0. The Morgan fingerprint density at radius 2 is 2.09 bits per heavy atom. The van der Waals surface area contributed by atoms with Crippen molar-refractivity contribution < 1.29 is 13.2 Å². The smallest absolute Gasteiger partial charge is 0.365 e. The lowest BCUT2D eigenvalue weighted by atomic mass is 10.1. The maximum atomic E-state index is 12.9. The Morgan fingerprint density at radius 1 is 1.26 bits per heavy atom. The van der Waals surface area contributed by atoms with Crippen molar-refractivity contribution in [3.05, 3.63) is 35.5 Å². The van der Waals surface area contributed by atoms with Gasteiger partial charge in [-0.25, -0.2) is 9.97 Å². The number of nitrogens with zero attached hydrogens (tertiary/aromatic N) is 3. The van der Waals surface area contributed by atoms with E-state index in [0.717, 1.165) is 48.8 Å². The van der Waals surface area contributed by atoms with E-state index >= 15 is 0 Å². The van der Waals surface area contributed by atoms with Gasteiger partial charge in [-0.3, -0.25) is 0 Å². The third-order valence-corrected chi connectivity index (χ3v) is 4.35. The molecule has 0 radical (unpaired) electrons. The number of hydrogen-bond donors (Lipinski definition) is 1. The summed E-state index contributed by atoms with van der Waals surface area (Å²) in [7, 11) is 0. The molecule has 0 saturated carbocycles. The Balaban J connectivity index is 1.79. The highest BCUT2D eigenvalue weighted by molar-refractivity contribution is 5.75. The summed E-state index contributed by atoms with van der Waals surface area (Å²) in [6.07, 6.45) is -3.34. The van der Waals surface area contributed by atoms with Gasteiger partial charge in [-0.1, -0.05) is 12.1 Å². The number of rotatable bonds is 1. The highest BCUT2D eigenvalue weighted by Gasteiger charge is 2.33. The van der Waals surface area contributed by atoms with E-state index in [-0.39, 0.29) is 0 Å². The second kappa shape index (κ2) is 4.84. The molecule has 4 nitrogen and oxygen atoms in total. The van der Waals surface area contributed by atoms with Gasteiger partial charge in [-0.2, -0.15) is 13.2 Å². The fourth-order valence-corrected chi connectivity index (χ4v) is 3.28. The summed E-state index contributed by atoms with van der Waals surface area (Å²) in [5.41, 5.74) is 1.44. The lowest BCUT2D eigenvalue weighted by molar-refractivity contribution is -0.137. The lowest BCUT2D eigenvalue weighted by Crippen LogP contribution is -2.33. The average Bonchev–Trinajstić information content (AvgIpc) is 2.87. The summed E-state index contributed by atoms with van der Waals surface area (Å²) in [5, 5.41) is 3.37. The van der Waals surface area contributed by atoms with Gasteiger partial charge in [0, 0.05) is 24.7 Å². The Morgan fingerprint density at radius 3 is 2.87 bits per heavy atom. The molecule has 1 fully saturated rings. The molecule has 0 unspecified atom stereocenters. The molecular formula is C16H15F3N4. The zero-order chi connectivity index (χ0) is 16.2. The first-order valence-corrected chi connectivity index (χ1v) is 7.49. The van der Waals surface area contributed by atoms with Crippen molar-refractivity contribution in [1.29, 1.82) is 0 Å². The van der Waals surface area contributed by atoms with Gasteiger partial charge in [-0.15, -0.1) is 0 Å². The third kappa shape index (κ3) is 2.40. The van der Waals surface area contributed by atoms with Crippen LogP contribution in [0.5, 0.6) is 0 Å². The molecule has 1 aromatic carbocycles. The van der Waals surface area contributed by atoms with Crippen LogP contribution >= 0.6 is 0 Å². The predicted octanol–water partition coefficient (Wildman–Crippen LogP) is 3.48. The van der Waals surface area contributed by atoms with E-state index in [0.29, 0.717) is 17.4 Å². The molecule has 2 aliphatic rings. The zero-order valence-corrected chi connectivity index (χ0v) is 12.5. The Labute approximate surface area is 131 Å². The maximum Gasteiger partial charge on any atom is 0.416 e. The van der Waals surface area contributed by atoms with Crippen molar-refractivity contribution in [2.45, 2.75) is 25.6 Å². The molecular weight excluding hydrogens is 305 g/mol. The minimum atomic E-state index is -4.37. The highest BCUT2D eigenvalue weighted by Crippen LogP contribution is 2.38. The van der Waals surface area contributed by atoms with Crippen LogP contribution in [0, 0.1) is 6.92 Å². The standard InChI is InChI=1S/C16H15F3N4/c1-9-13-15(21-12-5-6-23(13)8-12)22-14(20-9)10-3-2-4-11(7-10)16(17,18)19/h2-4,7,12H,5-6,8H2,1H3,(H,20,21,22)/t12-/m0/s1. The van der Waals surface area contributed by atoms with Gasteiger partial charge < -0.3 is 10.2 Å². The van der Waals surface area contributed by atoms with Crippen molar-refractivity contribution >= 4 is 11.5 Å². The number of hydrogen-bond acceptors (Lipinski definition) is 4. The van der Waals surface area contributed by atoms with Crippen LogP contribution in [0.25, 0.3) is 11.4 Å². The van der Waals surface area contributed by atoms with Crippen molar-refractivity contribution in [2.24, 2.45) is 0 Å². The summed E-state index contributed by atoms with van der Waals surface area (Å²) in [4.78, 5) is 11.2. The molecule has 0 aliphatic carbocycles. The molecule has 1 saturated heterocycles. The van der Waals surface area contributed by atoms with Crippen molar-refractivity contribution in [3.63, 3.8) is 0 Å². The van der Waals surface area contributed by atoms with Gasteiger partial charge in [0.1, 0.15) is 5.69 Å². The largest absolute Gasteiger partial charge is 0.416 e. The topological polar surface area (TPSA) is 41.1 Å². The van der Waals surface area contributed by atoms with Crippen molar-refractivity contribution in [3.8, 4) is 11.4 Å². The number of fused-ring (bicyclic) bond motifs is 4. The lowest BCUT2D eigenvalue weighted by Gasteiger charge is -2.29. The van der Waals surface area contributed by atoms with Crippen LogP contribution in [0.1, 0.15) is 17.7 Å². The van der Waals surface area contributed by atoms with Gasteiger partial charge in [0.25, 0.3) is 0 Å². The predicted molar refractivity (Wildman–Crippen MR) is 81.4 cm³/mol. The first-order valence-electron chi connectivity index (χ1n) is 7.49. The molecule has 4 rings (SSSR count). The monoisotopic (exact) mass is 320 g/mol. The van der Waals surface area contributed by atoms with E-state index in [1.807, 2.05) is 6.92 Å². The minimum Gasteiger partial charge on any atom is -0.365 e. The maximum absolute atomic E-state index is 12.9. The Kier molecular flexibility index (Phi) is 3.01. The second-order valence-corrected chi connectivity index (χ2v) is 5.98. The first kappa shape index (κ1) is 14.3. The Bertz CT molecular complexity index is 772. The molecule has 120 valence electrons. The SMILES string of the molecule is Cc1nc(-c2cccc(C(F)(F)F)c2)nc2c1N1CC[C@@H](C1)N2. The fourth-order valence-electron chi connectivity index (χ4n) is 3.28. The molecule has 1 N–H and O–H groups in total. The molecule has 7 heteroatoms. The van der Waals surface area contributed by atoms with E-state index in [1.165, 1.54) is 6.07 Å². The summed E-state index contributed by atoms with van der Waals surface area (Å²) in [6, 6.07) is 5.49. The van der Waals surface area contributed by atoms with Gasteiger partial charge >= 0.3 is 6.18 Å². The molecule has 0 spiro atoms. The fraction of sp³-hybridized carbons (Fsp3) is 0.375. The molecule has 1 aromatic heterocycles. The van der Waals surface area contributed by atoms with Crippen molar-refractivity contribution in [1.82, 2.24) is 9.97 Å². The zero-order valence-electron chi connectivity index (χ0n) is 12.5. The number of alkyl halides is 3. The van der Waals surface area contributed by atoms with Crippen molar-refractivity contribution in [2.75, 3.05) is 23.3 Å². The van der Waals surface area contributed by atoms with Crippen LogP contribution in [-0.2, 0) is 6.18 Å². The van der Waals surface area contributed by atoms with E-state index in [4.69, 9.17) is 0 Å². The van der Waals surface area contributed by atoms with Gasteiger partial charge in [0.15, 0.2) is 11.6 Å². The number of halogens is 3. The number of aromatic nitrogens is 2. The van der Waals surface area contributed by atoms with Gasteiger partial charge in [0.05, 0.1) is 11.3 Å². The first-order chi connectivity index (χ1) is 10.9. The van der Waals surface area contributed by atoms with Crippen LogP contribution < -0.4 is 10.2 Å². The summed E-state index contributed by atoms with van der Waals surface area (Å²) < 4.78 is 38.7. The third-order valence-electron chi connectivity index (χ3n) is 4.35. The normalized spacial score (nSPS) is 19.5. The molecule has 0 amide bonds. The van der Waals surface area contributed by atoms with Crippen LogP contribution in [0.4, 0.5) is 24.7 Å². The van der Waals surface area contributed by atoms with Gasteiger partial charge in [0.2, 0.25) is 0 Å².